The van der Waals surface area contributed by atoms with Gasteiger partial charge >= 0.3 is 0 Å². The Morgan fingerprint density at radius 3 is 2.46 bits per heavy atom. The Labute approximate surface area is 206 Å². The zero-order valence-electron chi connectivity index (χ0n) is 18.8. The van der Waals surface area contributed by atoms with Crippen molar-refractivity contribution in [1.29, 1.82) is 0 Å². The molecule has 0 aliphatic carbocycles. The lowest BCUT2D eigenvalue weighted by atomic mass is 9.96. The molecule has 0 saturated carbocycles. The Morgan fingerprint density at radius 1 is 1.03 bits per heavy atom. The van der Waals surface area contributed by atoms with Gasteiger partial charge in [0, 0.05) is 36.2 Å². The number of aromatic nitrogens is 3. The number of rotatable bonds is 5. The van der Waals surface area contributed by atoms with Crippen LogP contribution in [0.25, 0.3) is 11.5 Å². The molecular formula is C26H23ClFN5O2. The van der Waals surface area contributed by atoms with Crippen molar-refractivity contribution in [3.8, 4) is 11.5 Å². The van der Waals surface area contributed by atoms with Crippen LogP contribution in [0, 0.1) is 11.7 Å². The van der Waals surface area contributed by atoms with E-state index < -0.39 is 0 Å². The molecule has 3 heterocycles. The van der Waals surface area contributed by atoms with E-state index in [1.807, 2.05) is 24.5 Å². The summed E-state index contributed by atoms with van der Waals surface area (Å²) in [6, 6.07) is 16.6. The highest BCUT2D eigenvalue weighted by molar-refractivity contribution is 6.30. The summed E-state index contributed by atoms with van der Waals surface area (Å²) in [6.45, 7) is 0.863. The van der Waals surface area contributed by atoms with Gasteiger partial charge in [0.1, 0.15) is 11.4 Å². The number of benzene rings is 2. The van der Waals surface area contributed by atoms with Crippen LogP contribution in [-0.2, 0) is 4.79 Å². The van der Waals surface area contributed by atoms with E-state index in [1.165, 1.54) is 18.3 Å². The van der Waals surface area contributed by atoms with Gasteiger partial charge in [0.2, 0.25) is 5.91 Å². The van der Waals surface area contributed by atoms with E-state index in [1.54, 1.807) is 50.5 Å². The van der Waals surface area contributed by atoms with E-state index in [2.05, 4.69) is 10.4 Å². The van der Waals surface area contributed by atoms with E-state index in [0.717, 1.165) is 6.42 Å². The van der Waals surface area contributed by atoms with Crippen LogP contribution in [0.15, 0.2) is 79.3 Å². The van der Waals surface area contributed by atoms with Gasteiger partial charge in [-0.3, -0.25) is 9.59 Å². The number of likely N-dealkylation sites (tertiary alicyclic amines) is 1. The summed E-state index contributed by atoms with van der Waals surface area (Å²) < 4.78 is 16.9. The summed E-state index contributed by atoms with van der Waals surface area (Å²) in [6.07, 6.45) is 6.59. The summed E-state index contributed by atoms with van der Waals surface area (Å²) >= 11 is 5.92. The van der Waals surface area contributed by atoms with E-state index in [4.69, 9.17) is 11.6 Å². The summed E-state index contributed by atoms with van der Waals surface area (Å²) in [5, 5.41) is 7.95. The van der Waals surface area contributed by atoms with E-state index >= 15 is 0 Å². The van der Waals surface area contributed by atoms with Crippen molar-refractivity contribution in [2.45, 2.75) is 12.8 Å². The number of halogens is 2. The minimum atomic E-state index is -0.351. The number of nitrogens with zero attached hydrogens (tertiary/aromatic N) is 4. The molecule has 1 saturated heterocycles. The molecule has 2 aromatic heterocycles. The number of anilines is 1. The molecular weight excluding hydrogens is 469 g/mol. The second kappa shape index (κ2) is 9.76. The number of amides is 2. The van der Waals surface area contributed by atoms with Crippen LogP contribution < -0.4 is 5.32 Å². The van der Waals surface area contributed by atoms with Crippen LogP contribution in [0.2, 0.25) is 5.02 Å². The predicted molar refractivity (Wildman–Crippen MR) is 132 cm³/mol. The highest BCUT2D eigenvalue weighted by Gasteiger charge is 2.31. The summed E-state index contributed by atoms with van der Waals surface area (Å²) in [5.74, 6) is -0.454. The molecule has 0 bridgehead atoms. The molecule has 0 unspecified atom stereocenters. The molecule has 178 valence electrons. The highest BCUT2D eigenvalue weighted by atomic mass is 35.5. The molecule has 35 heavy (non-hydrogen) atoms. The highest BCUT2D eigenvalue weighted by Crippen LogP contribution is 2.25. The molecule has 5 rings (SSSR count). The largest absolute Gasteiger partial charge is 0.338 e. The van der Waals surface area contributed by atoms with Gasteiger partial charge in [-0.05, 0) is 73.5 Å². The van der Waals surface area contributed by atoms with Gasteiger partial charge in [-0.15, -0.1) is 0 Å². The third-order valence-corrected chi connectivity index (χ3v) is 6.34. The maximum Gasteiger partial charge on any atom is 0.259 e. The Morgan fingerprint density at radius 2 is 1.74 bits per heavy atom. The smallest absolute Gasteiger partial charge is 0.259 e. The van der Waals surface area contributed by atoms with Crippen LogP contribution in [0.3, 0.4) is 0 Å². The van der Waals surface area contributed by atoms with Gasteiger partial charge in [0.05, 0.1) is 17.8 Å². The van der Waals surface area contributed by atoms with Gasteiger partial charge in [-0.25, -0.2) is 9.07 Å². The van der Waals surface area contributed by atoms with Gasteiger partial charge in [0.15, 0.2) is 5.82 Å². The second-order valence-corrected chi connectivity index (χ2v) is 8.88. The minimum Gasteiger partial charge on any atom is -0.338 e. The average Bonchev–Trinajstić information content (AvgIpc) is 3.55. The maximum atomic E-state index is 13.6. The number of carbonyl (C=O) groups is 2. The Hall–Kier alpha value is -3.91. The van der Waals surface area contributed by atoms with Gasteiger partial charge in [-0.1, -0.05) is 11.6 Å². The first kappa shape index (κ1) is 22.9. The zero-order valence-corrected chi connectivity index (χ0v) is 19.5. The topological polar surface area (TPSA) is 72.2 Å². The molecule has 1 fully saturated rings. The fraction of sp³-hybridized carbons (Fsp3) is 0.192. The number of piperidine rings is 1. The monoisotopic (exact) mass is 491 g/mol. The van der Waals surface area contributed by atoms with Gasteiger partial charge < -0.3 is 14.8 Å². The lowest BCUT2D eigenvalue weighted by Crippen LogP contribution is -2.44. The van der Waals surface area contributed by atoms with Crippen molar-refractivity contribution in [3.63, 3.8) is 0 Å². The normalized spacial score (nSPS) is 15.7. The van der Waals surface area contributed by atoms with Crippen LogP contribution in [0.4, 0.5) is 10.1 Å². The summed E-state index contributed by atoms with van der Waals surface area (Å²) in [7, 11) is 0. The maximum absolute atomic E-state index is 13.6. The first-order chi connectivity index (χ1) is 17.0. The Balaban J connectivity index is 1.39. The fourth-order valence-electron chi connectivity index (χ4n) is 4.31. The lowest BCUT2D eigenvalue weighted by molar-refractivity contribution is -0.121. The van der Waals surface area contributed by atoms with Crippen LogP contribution >= 0.6 is 11.6 Å². The quantitative estimate of drug-likeness (QED) is 0.429. The summed E-state index contributed by atoms with van der Waals surface area (Å²) in [5.41, 5.74) is 1.70. The Kier molecular flexibility index (Phi) is 6.37. The van der Waals surface area contributed by atoms with E-state index in [0.29, 0.717) is 47.3 Å². The number of hydrogen-bond donors (Lipinski definition) is 1. The summed E-state index contributed by atoms with van der Waals surface area (Å²) in [4.78, 5) is 28.2. The molecule has 0 radical (unpaired) electrons. The van der Waals surface area contributed by atoms with Crippen molar-refractivity contribution in [2.75, 3.05) is 18.4 Å². The van der Waals surface area contributed by atoms with Crippen LogP contribution in [-0.4, -0.2) is 44.2 Å². The number of nitrogens with one attached hydrogen (secondary N) is 1. The zero-order chi connectivity index (χ0) is 24.4. The lowest BCUT2D eigenvalue weighted by Gasteiger charge is -2.32. The van der Waals surface area contributed by atoms with Crippen LogP contribution in [0.5, 0.6) is 0 Å². The first-order valence-electron chi connectivity index (χ1n) is 11.3. The van der Waals surface area contributed by atoms with Crippen molar-refractivity contribution >= 4 is 29.1 Å². The molecule has 2 aromatic carbocycles. The molecule has 1 aliphatic heterocycles. The molecule has 4 aromatic rings. The van der Waals surface area contributed by atoms with Gasteiger partial charge in [0.25, 0.3) is 5.91 Å². The van der Waals surface area contributed by atoms with Gasteiger partial charge in [-0.2, -0.15) is 5.10 Å². The SMILES string of the molecule is O=C(Nc1ccc(Cl)cc1)[C@H]1CCCN(C(=O)c2cnn(-c3ccc(F)cc3)c2-n2cccc2)C1. The van der Waals surface area contributed by atoms with Crippen molar-refractivity contribution in [2.24, 2.45) is 5.92 Å². The third-order valence-electron chi connectivity index (χ3n) is 6.09. The molecule has 1 N–H and O–H groups in total. The number of carbonyl (C=O) groups excluding carboxylic acids is 2. The van der Waals surface area contributed by atoms with Crippen molar-refractivity contribution in [1.82, 2.24) is 19.2 Å². The molecule has 9 heteroatoms. The third kappa shape index (κ3) is 4.83. The minimum absolute atomic E-state index is 0.127. The van der Waals surface area contributed by atoms with E-state index in [9.17, 15) is 14.0 Å². The fourth-order valence-corrected chi connectivity index (χ4v) is 4.44. The van der Waals surface area contributed by atoms with Crippen molar-refractivity contribution < 1.29 is 14.0 Å². The van der Waals surface area contributed by atoms with E-state index in [-0.39, 0.29) is 23.5 Å². The molecule has 1 aliphatic rings. The molecule has 2 amide bonds. The number of hydrogen-bond acceptors (Lipinski definition) is 3. The van der Waals surface area contributed by atoms with Crippen molar-refractivity contribution in [3.05, 3.63) is 95.7 Å². The molecule has 7 nitrogen and oxygen atoms in total. The average molecular weight is 492 g/mol. The first-order valence-corrected chi connectivity index (χ1v) is 11.7. The molecule has 1 atom stereocenters. The second-order valence-electron chi connectivity index (χ2n) is 8.45. The predicted octanol–water partition coefficient (Wildman–Crippen LogP) is 4.95. The Bertz CT molecular complexity index is 1330. The molecule has 0 spiro atoms. The standard InChI is InChI=1S/C26H23ClFN5O2/c27-19-5-9-21(10-6-19)30-24(34)18-4-3-15-32(17-18)26(35)23-16-29-33(22-11-7-20(28)8-12-22)25(23)31-13-1-2-14-31/h1-2,5-14,16,18H,3-4,15,17H2,(H,30,34)/t18-/m0/s1. The van der Waals surface area contributed by atoms with Crippen LogP contribution in [0.1, 0.15) is 23.2 Å².